The zero-order valence-corrected chi connectivity index (χ0v) is 10.5. The van der Waals surface area contributed by atoms with E-state index >= 15 is 0 Å². The van der Waals surface area contributed by atoms with Crippen molar-refractivity contribution < 1.29 is 55.9 Å². The van der Waals surface area contributed by atoms with E-state index in [4.69, 9.17) is 0 Å². The Balaban J connectivity index is 4.46. The normalized spacial score (nSPS) is 14.8. The van der Waals surface area contributed by atoms with Gasteiger partial charge in [0.2, 0.25) is 0 Å². The zero-order chi connectivity index (χ0) is 16.4. The van der Waals surface area contributed by atoms with Crippen LogP contribution in [0.1, 0.15) is 0 Å². The molecule has 0 fully saturated rings. The zero-order valence-electron chi connectivity index (χ0n) is 8.90. The van der Waals surface area contributed by atoms with Crippen LogP contribution < -0.4 is 0 Å². The van der Waals surface area contributed by atoms with Crippen LogP contribution in [0.3, 0.4) is 0 Å². The summed E-state index contributed by atoms with van der Waals surface area (Å²) in [5.74, 6) is 0. The van der Waals surface area contributed by atoms with Crippen LogP contribution in [0.5, 0.6) is 0 Å². The molecule has 122 valence electrons. The second kappa shape index (κ2) is 5.98. The summed E-state index contributed by atoms with van der Waals surface area (Å²) >= 11 is 0. The summed E-state index contributed by atoms with van der Waals surface area (Å²) in [5, 5.41) is 0. The first kappa shape index (κ1) is 19.3. The van der Waals surface area contributed by atoms with Gasteiger partial charge in [-0.2, -0.15) is 43.2 Å². The predicted molar refractivity (Wildman–Crippen MR) is 46.7 cm³/mol. The Kier molecular flexibility index (Phi) is 5.78. The molecule has 0 heterocycles. The molecule has 0 unspecified atom stereocenters. The Morgan fingerprint density at radius 3 is 1.20 bits per heavy atom. The highest BCUT2D eigenvalue weighted by molar-refractivity contribution is 7.87. The highest BCUT2D eigenvalue weighted by Gasteiger charge is 2.49. The van der Waals surface area contributed by atoms with E-state index < -0.39 is 50.6 Å². The first-order chi connectivity index (χ1) is 8.60. The largest absolute Gasteiger partial charge is 0.523 e. The number of hydrogen-bond donors (Lipinski definition) is 0. The summed E-state index contributed by atoms with van der Waals surface area (Å²) < 4.78 is 130. The fraction of sp³-hybridized carbons (Fsp3) is 1.00. The molecule has 6 nitrogen and oxygen atoms in total. The molecule has 0 aliphatic carbocycles. The standard InChI is InChI=1S/C5H5F7O6S2/c6-3(1-17-19(13,14)4(7,8)9)2-18-20(15,16)5(10,11)12/h3H,1-2H2. The highest BCUT2D eigenvalue weighted by Crippen LogP contribution is 2.26. The molecule has 0 saturated heterocycles. The van der Waals surface area contributed by atoms with Crippen molar-refractivity contribution in [2.24, 2.45) is 0 Å². The average molecular weight is 358 g/mol. The Morgan fingerprint density at radius 1 is 0.750 bits per heavy atom. The van der Waals surface area contributed by atoms with E-state index in [1.54, 1.807) is 0 Å². The molecule has 0 aromatic heterocycles. The Bertz CT molecular complexity index is 469. The lowest BCUT2D eigenvalue weighted by atomic mass is 10.4. The van der Waals surface area contributed by atoms with Gasteiger partial charge >= 0.3 is 31.3 Å². The maximum absolute atomic E-state index is 12.7. The predicted octanol–water partition coefficient (Wildman–Crippen LogP) is 1.06. The van der Waals surface area contributed by atoms with E-state index in [1.165, 1.54) is 0 Å². The molecular weight excluding hydrogens is 353 g/mol. The Labute approximate surface area is 107 Å². The molecular formula is C5H5F7O6S2. The lowest BCUT2D eigenvalue weighted by Gasteiger charge is -2.12. The van der Waals surface area contributed by atoms with Crippen LogP contribution in [0.2, 0.25) is 0 Å². The fourth-order valence-corrected chi connectivity index (χ4v) is 1.43. The van der Waals surface area contributed by atoms with Gasteiger partial charge in [-0.1, -0.05) is 0 Å². The van der Waals surface area contributed by atoms with Crippen molar-refractivity contribution in [1.29, 1.82) is 0 Å². The topological polar surface area (TPSA) is 86.7 Å². The van der Waals surface area contributed by atoms with Crippen molar-refractivity contribution in [3.05, 3.63) is 0 Å². The molecule has 0 atom stereocenters. The van der Waals surface area contributed by atoms with Gasteiger partial charge in [-0.25, -0.2) is 4.39 Å². The number of halogens is 7. The quantitative estimate of drug-likeness (QED) is 0.401. The van der Waals surface area contributed by atoms with Gasteiger partial charge in [0.15, 0.2) is 0 Å². The van der Waals surface area contributed by atoms with Gasteiger partial charge in [0.1, 0.15) is 19.4 Å². The van der Waals surface area contributed by atoms with Gasteiger partial charge in [-0.3, -0.25) is 8.37 Å². The molecule has 0 aromatic carbocycles. The maximum Gasteiger partial charge on any atom is 0.523 e. The molecule has 0 N–H and O–H groups in total. The molecule has 0 aliphatic rings. The summed E-state index contributed by atoms with van der Waals surface area (Å²) in [6.07, 6.45) is -2.86. The number of rotatable bonds is 6. The molecule has 20 heavy (non-hydrogen) atoms. The second-order valence-electron chi connectivity index (χ2n) is 2.97. The SMILES string of the molecule is O=S(=O)(OCC(F)COS(=O)(=O)C(F)(F)F)C(F)(F)F. The number of alkyl halides is 7. The van der Waals surface area contributed by atoms with Gasteiger partial charge in [-0.15, -0.1) is 0 Å². The van der Waals surface area contributed by atoms with E-state index in [1.807, 2.05) is 0 Å². The smallest absolute Gasteiger partial charge is 0.260 e. The van der Waals surface area contributed by atoms with Crippen LogP contribution in [0.25, 0.3) is 0 Å². The molecule has 0 spiro atoms. The van der Waals surface area contributed by atoms with Crippen LogP contribution >= 0.6 is 0 Å². The van der Waals surface area contributed by atoms with E-state index in [-0.39, 0.29) is 0 Å². The van der Waals surface area contributed by atoms with Gasteiger partial charge in [-0.05, 0) is 0 Å². The van der Waals surface area contributed by atoms with Crippen LogP contribution in [-0.4, -0.2) is 47.2 Å². The monoisotopic (exact) mass is 358 g/mol. The summed E-state index contributed by atoms with van der Waals surface area (Å²) in [5.41, 5.74) is -11.7. The minimum Gasteiger partial charge on any atom is -0.260 e. The maximum atomic E-state index is 12.7. The third-order valence-electron chi connectivity index (χ3n) is 1.38. The van der Waals surface area contributed by atoms with E-state index in [0.29, 0.717) is 0 Å². The van der Waals surface area contributed by atoms with Crippen molar-refractivity contribution in [1.82, 2.24) is 0 Å². The van der Waals surface area contributed by atoms with E-state index in [9.17, 15) is 47.6 Å². The van der Waals surface area contributed by atoms with Crippen LogP contribution in [0.15, 0.2) is 0 Å². The average Bonchev–Trinajstić information content (AvgIpc) is 2.20. The molecule has 0 aromatic rings. The summed E-state index contributed by atoms with van der Waals surface area (Å²) in [4.78, 5) is 0. The van der Waals surface area contributed by atoms with Gasteiger partial charge < -0.3 is 0 Å². The molecule has 0 radical (unpaired) electrons. The van der Waals surface area contributed by atoms with E-state index in [2.05, 4.69) is 8.37 Å². The van der Waals surface area contributed by atoms with Crippen molar-refractivity contribution in [3.63, 3.8) is 0 Å². The van der Waals surface area contributed by atoms with Gasteiger partial charge in [0, 0.05) is 0 Å². The van der Waals surface area contributed by atoms with Gasteiger partial charge in [0.05, 0.1) is 0 Å². The molecule has 0 rings (SSSR count). The summed E-state index contributed by atoms with van der Waals surface area (Å²) in [6, 6.07) is 0. The molecule has 0 amide bonds. The van der Waals surface area contributed by atoms with Crippen LogP contribution in [-0.2, 0) is 28.6 Å². The molecule has 15 heteroatoms. The van der Waals surface area contributed by atoms with Crippen LogP contribution in [0, 0.1) is 0 Å². The fourth-order valence-electron chi connectivity index (χ4n) is 0.509. The summed E-state index contributed by atoms with van der Waals surface area (Å²) in [6.45, 7) is -3.73. The second-order valence-corrected chi connectivity index (χ2v) is 6.18. The minimum atomic E-state index is -6.14. The highest BCUT2D eigenvalue weighted by atomic mass is 32.2. The lowest BCUT2D eigenvalue weighted by Crippen LogP contribution is -2.31. The van der Waals surface area contributed by atoms with Gasteiger partial charge in [0.25, 0.3) is 0 Å². The molecule has 0 bridgehead atoms. The third-order valence-corrected chi connectivity index (χ3v) is 3.40. The number of hydrogen-bond acceptors (Lipinski definition) is 6. The Hall–Kier alpha value is -0.670. The summed E-state index contributed by atoms with van der Waals surface area (Å²) in [7, 11) is -12.3. The molecule has 0 aliphatic heterocycles. The Morgan fingerprint density at radius 2 is 1.00 bits per heavy atom. The first-order valence-electron chi connectivity index (χ1n) is 4.15. The van der Waals surface area contributed by atoms with Crippen LogP contribution in [0.4, 0.5) is 30.7 Å². The van der Waals surface area contributed by atoms with Crippen molar-refractivity contribution in [2.75, 3.05) is 13.2 Å². The van der Waals surface area contributed by atoms with E-state index in [0.717, 1.165) is 0 Å². The lowest BCUT2D eigenvalue weighted by molar-refractivity contribution is -0.0581. The minimum absolute atomic E-state index is 1.87. The van der Waals surface area contributed by atoms with Crippen molar-refractivity contribution in [3.8, 4) is 0 Å². The van der Waals surface area contributed by atoms with Crippen molar-refractivity contribution >= 4 is 20.2 Å². The molecule has 0 saturated carbocycles. The van der Waals surface area contributed by atoms with Crippen molar-refractivity contribution in [2.45, 2.75) is 17.2 Å². The first-order valence-corrected chi connectivity index (χ1v) is 6.97. The third kappa shape index (κ3) is 5.37.